The second kappa shape index (κ2) is 4.99. The van der Waals surface area contributed by atoms with Gasteiger partial charge in [-0.15, -0.1) is 0 Å². The van der Waals surface area contributed by atoms with Gasteiger partial charge in [-0.05, 0) is 18.2 Å². The highest BCUT2D eigenvalue weighted by Gasteiger charge is 2.10. The van der Waals surface area contributed by atoms with Crippen molar-refractivity contribution < 1.29 is 9.90 Å². The van der Waals surface area contributed by atoms with Gasteiger partial charge in [-0.1, -0.05) is 23.4 Å². The van der Waals surface area contributed by atoms with Crippen molar-refractivity contribution in [2.75, 3.05) is 5.75 Å². The molecule has 0 radical (unpaired) electrons. The maximum Gasteiger partial charge on any atom is 0.313 e. The third-order valence-electron chi connectivity index (χ3n) is 2.32. The molecule has 5 nitrogen and oxygen atoms in total. The summed E-state index contributed by atoms with van der Waals surface area (Å²) in [5.74, 6) is -1.10. The van der Waals surface area contributed by atoms with Crippen molar-refractivity contribution in [1.29, 1.82) is 0 Å². The normalized spacial score (nSPS) is 10.8. The fourth-order valence-corrected chi connectivity index (χ4v) is 2.34. The van der Waals surface area contributed by atoms with Gasteiger partial charge in [-0.25, -0.2) is 4.98 Å². The first kappa shape index (κ1) is 12.9. The van der Waals surface area contributed by atoms with E-state index in [2.05, 4.69) is 4.98 Å². The van der Waals surface area contributed by atoms with E-state index in [4.69, 9.17) is 16.7 Å². The molecule has 1 N–H and O–H groups in total. The van der Waals surface area contributed by atoms with E-state index in [1.54, 1.807) is 25.2 Å². The van der Waals surface area contributed by atoms with E-state index in [0.29, 0.717) is 21.1 Å². The van der Waals surface area contributed by atoms with Crippen molar-refractivity contribution in [3.63, 3.8) is 0 Å². The second-order valence-corrected chi connectivity index (χ2v) is 4.98. The molecular formula is C11H9ClN2O3S. The Labute approximate surface area is 111 Å². The molecule has 0 amide bonds. The number of halogens is 1. The Morgan fingerprint density at radius 3 is 2.94 bits per heavy atom. The summed E-state index contributed by atoms with van der Waals surface area (Å²) in [7, 11) is 1.56. The van der Waals surface area contributed by atoms with Gasteiger partial charge in [0.25, 0.3) is 5.56 Å². The van der Waals surface area contributed by atoms with Crippen LogP contribution in [0.15, 0.2) is 28.2 Å². The smallest absolute Gasteiger partial charge is 0.313 e. The summed E-state index contributed by atoms with van der Waals surface area (Å²) in [6.45, 7) is 0. The first-order chi connectivity index (χ1) is 8.49. The number of thioether (sulfide) groups is 1. The van der Waals surface area contributed by atoms with E-state index in [-0.39, 0.29) is 11.3 Å². The Morgan fingerprint density at radius 2 is 2.28 bits per heavy atom. The number of carboxylic acid groups (broad SMARTS) is 1. The first-order valence-electron chi connectivity index (χ1n) is 5.00. The van der Waals surface area contributed by atoms with Crippen molar-refractivity contribution in [3.8, 4) is 0 Å². The lowest BCUT2D eigenvalue weighted by Crippen LogP contribution is -2.20. The lowest BCUT2D eigenvalue weighted by atomic mass is 10.2. The zero-order valence-electron chi connectivity index (χ0n) is 9.38. The molecule has 1 heterocycles. The molecule has 18 heavy (non-hydrogen) atoms. The Bertz CT molecular complexity index is 684. The Hall–Kier alpha value is -1.53. The van der Waals surface area contributed by atoms with Gasteiger partial charge in [0.2, 0.25) is 0 Å². The number of hydrogen-bond acceptors (Lipinski definition) is 4. The van der Waals surface area contributed by atoms with Gasteiger partial charge in [0.15, 0.2) is 5.16 Å². The number of aliphatic carboxylic acids is 1. The largest absolute Gasteiger partial charge is 0.481 e. The van der Waals surface area contributed by atoms with Gasteiger partial charge in [-0.3, -0.25) is 14.2 Å². The predicted octanol–water partition coefficient (Wildman–Crippen LogP) is 1.76. The third kappa shape index (κ3) is 2.49. The zero-order valence-corrected chi connectivity index (χ0v) is 11.0. The highest BCUT2D eigenvalue weighted by Crippen LogP contribution is 2.19. The van der Waals surface area contributed by atoms with E-state index < -0.39 is 5.97 Å². The molecule has 0 aliphatic carbocycles. The van der Waals surface area contributed by atoms with Crippen molar-refractivity contribution in [1.82, 2.24) is 9.55 Å². The van der Waals surface area contributed by atoms with Crippen molar-refractivity contribution in [2.24, 2.45) is 7.05 Å². The highest BCUT2D eigenvalue weighted by atomic mass is 35.5. The molecule has 1 aromatic carbocycles. The molecule has 0 saturated carbocycles. The summed E-state index contributed by atoms with van der Waals surface area (Å²) >= 11 is 6.84. The summed E-state index contributed by atoms with van der Waals surface area (Å²) < 4.78 is 1.34. The minimum absolute atomic E-state index is 0.146. The lowest BCUT2D eigenvalue weighted by molar-refractivity contribution is -0.133. The van der Waals surface area contributed by atoms with Crippen LogP contribution in [0.1, 0.15) is 0 Å². The fraction of sp³-hybridized carbons (Fsp3) is 0.182. The Kier molecular flexibility index (Phi) is 3.58. The molecule has 0 aliphatic rings. The van der Waals surface area contributed by atoms with E-state index in [1.807, 2.05) is 0 Å². The van der Waals surface area contributed by atoms with E-state index in [9.17, 15) is 9.59 Å². The number of carboxylic acids is 1. The van der Waals surface area contributed by atoms with Crippen LogP contribution in [-0.2, 0) is 11.8 Å². The third-order valence-corrected chi connectivity index (χ3v) is 3.57. The van der Waals surface area contributed by atoms with Crippen LogP contribution in [0.2, 0.25) is 5.02 Å². The van der Waals surface area contributed by atoms with Gasteiger partial charge >= 0.3 is 5.97 Å². The van der Waals surface area contributed by atoms with Gasteiger partial charge in [-0.2, -0.15) is 0 Å². The summed E-state index contributed by atoms with van der Waals surface area (Å²) in [4.78, 5) is 26.8. The molecule has 7 heteroatoms. The summed E-state index contributed by atoms with van der Waals surface area (Å²) in [6, 6.07) is 4.82. The van der Waals surface area contributed by atoms with E-state index in [1.165, 1.54) is 4.57 Å². The molecule has 0 unspecified atom stereocenters. The molecule has 2 aromatic rings. The summed E-state index contributed by atoms with van der Waals surface area (Å²) in [5, 5.41) is 9.94. The first-order valence-corrected chi connectivity index (χ1v) is 6.36. The monoisotopic (exact) mass is 284 g/mol. The topological polar surface area (TPSA) is 72.2 Å². The minimum Gasteiger partial charge on any atom is -0.481 e. The molecule has 0 bridgehead atoms. The molecule has 1 aromatic heterocycles. The molecule has 0 atom stereocenters. The molecule has 94 valence electrons. The number of hydrogen-bond donors (Lipinski definition) is 1. The van der Waals surface area contributed by atoms with Crippen LogP contribution in [0, 0.1) is 0 Å². The van der Waals surface area contributed by atoms with Crippen LogP contribution < -0.4 is 5.56 Å². The SMILES string of the molecule is Cn1c(SCC(=O)O)nc2cc(Cl)ccc2c1=O. The van der Waals surface area contributed by atoms with Crippen molar-refractivity contribution >= 4 is 40.2 Å². The van der Waals surface area contributed by atoms with Crippen molar-refractivity contribution in [2.45, 2.75) is 5.16 Å². The van der Waals surface area contributed by atoms with Crippen LogP contribution in [0.3, 0.4) is 0 Å². The maximum absolute atomic E-state index is 12.0. The van der Waals surface area contributed by atoms with E-state index >= 15 is 0 Å². The van der Waals surface area contributed by atoms with Crippen LogP contribution in [0.5, 0.6) is 0 Å². The number of benzene rings is 1. The van der Waals surface area contributed by atoms with Crippen molar-refractivity contribution in [3.05, 3.63) is 33.6 Å². The lowest BCUT2D eigenvalue weighted by Gasteiger charge is -2.07. The average Bonchev–Trinajstić information content (AvgIpc) is 2.31. The molecule has 0 aliphatic heterocycles. The van der Waals surface area contributed by atoms with E-state index in [0.717, 1.165) is 11.8 Å². The molecule has 0 fully saturated rings. The number of fused-ring (bicyclic) bond motifs is 1. The number of carbonyl (C=O) groups is 1. The quantitative estimate of drug-likeness (QED) is 0.687. The fourth-order valence-electron chi connectivity index (χ4n) is 1.48. The van der Waals surface area contributed by atoms with Gasteiger partial charge in [0.1, 0.15) is 0 Å². The highest BCUT2D eigenvalue weighted by molar-refractivity contribution is 7.99. The Balaban J connectivity index is 2.58. The molecule has 0 spiro atoms. The average molecular weight is 285 g/mol. The van der Waals surface area contributed by atoms with Crippen LogP contribution in [0.4, 0.5) is 0 Å². The summed E-state index contributed by atoms with van der Waals surface area (Å²) in [5.41, 5.74) is 0.253. The van der Waals surface area contributed by atoms with Crippen LogP contribution >= 0.6 is 23.4 Å². The maximum atomic E-state index is 12.0. The minimum atomic E-state index is -0.958. The van der Waals surface area contributed by atoms with Crippen LogP contribution in [0.25, 0.3) is 10.9 Å². The Morgan fingerprint density at radius 1 is 1.56 bits per heavy atom. The molecule has 2 rings (SSSR count). The van der Waals surface area contributed by atoms with Gasteiger partial charge in [0, 0.05) is 12.1 Å². The number of aromatic nitrogens is 2. The van der Waals surface area contributed by atoms with Crippen LogP contribution in [-0.4, -0.2) is 26.4 Å². The van der Waals surface area contributed by atoms with Gasteiger partial charge in [0.05, 0.1) is 16.7 Å². The second-order valence-electron chi connectivity index (χ2n) is 3.60. The number of rotatable bonds is 3. The number of nitrogens with zero attached hydrogens (tertiary/aromatic N) is 2. The molecule has 0 saturated heterocycles. The van der Waals surface area contributed by atoms with Gasteiger partial charge < -0.3 is 5.11 Å². The summed E-state index contributed by atoms with van der Waals surface area (Å²) in [6.07, 6.45) is 0. The standard InChI is InChI=1S/C11H9ClN2O3S/c1-14-10(17)7-3-2-6(12)4-8(7)13-11(14)18-5-9(15)16/h2-4H,5H2,1H3,(H,15,16). The zero-order chi connectivity index (χ0) is 13.3. The predicted molar refractivity (Wildman–Crippen MR) is 70.4 cm³/mol. The molecular weight excluding hydrogens is 276 g/mol.